The Balaban J connectivity index is 0.00000625. The lowest BCUT2D eigenvalue weighted by atomic mass is 10.2. The minimum Gasteiger partial charge on any atom is -0.489 e. The lowest BCUT2D eigenvalue weighted by Gasteiger charge is -2.15. The molecule has 0 aliphatic rings. The number of hydrogen-bond donors (Lipinski definition) is 2. The van der Waals surface area contributed by atoms with Gasteiger partial charge in [-0.25, -0.2) is 4.99 Å². The summed E-state index contributed by atoms with van der Waals surface area (Å²) >= 11 is 0. The molecular formula is C19H34IN3O3. The molecule has 0 aromatic heterocycles. The average molecular weight is 479 g/mol. The van der Waals surface area contributed by atoms with Crippen molar-refractivity contribution in [2.45, 2.75) is 33.3 Å². The molecule has 0 bridgehead atoms. The topological polar surface area (TPSA) is 64.1 Å². The van der Waals surface area contributed by atoms with Crippen molar-refractivity contribution in [2.24, 2.45) is 4.99 Å². The molecule has 0 heterocycles. The fourth-order valence-electron chi connectivity index (χ4n) is 2.15. The molecule has 0 fully saturated rings. The van der Waals surface area contributed by atoms with Crippen LogP contribution in [-0.2, 0) is 9.47 Å². The number of hydrogen-bond acceptors (Lipinski definition) is 4. The van der Waals surface area contributed by atoms with Gasteiger partial charge in [-0.1, -0.05) is 12.1 Å². The van der Waals surface area contributed by atoms with E-state index in [4.69, 9.17) is 14.2 Å². The Hall–Kier alpha value is -1.06. The van der Waals surface area contributed by atoms with Gasteiger partial charge in [0.25, 0.3) is 0 Å². The number of rotatable bonds is 12. The van der Waals surface area contributed by atoms with E-state index in [-0.39, 0.29) is 30.1 Å². The van der Waals surface area contributed by atoms with Crippen molar-refractivity contribution in [3.8, 4) is 5.75 Å². The number of guanidine groups is 1. The third-order valence-corrected chi connectivity index (χ3v) is 3.37. The van der Waals surface area contributed by atoms with Crippen LogP contribution in [0.1, 0.15) is 25.8 Å². The van der Waals surface area contributed by atoms with Gasteiger partial charge in [-0.3, -0.25) is 0 Å². The average Bonchev–Trinajstić information content (AvgIpc) is 2.58. The molecule has 150 valence electrons. The molecule has 6 nitrogen and oxygen atoms in total. The van der Waals surface area contributed by atoms with Crippen LogP contribution in [0.3, 0.4) is 0 Å². The number of ether oxygens (including phenoxy) is 3. The number of benzene rings is 1. The lowest BCUT2D eigenvalue weighted by Crippen LogP contribution is -2.38. The number of aryl methyl sites for hydroxylation is 1. The number of nitrogens with one attached hydrogen (secondary N) is 2. The summed E-state index contributed by atoms with van der Waals surface area (Å²) in [5.41, 5.74) is 1.19. The highest BCUT2D eigenvalue weighted by Crippen LogP contribution is 2.14. The first-order chi connectivity index (χ1) is 12.2. The van der Waals surface area contributed by atoms with E-state index < -0.39 is 0 Å². The molecule has 0 radical (unpaired) electrons. The molecule has 1 aromatic carbocycles. The van der Waals surface area contributed by atoms with E-state index in [0.29, 0.717) is 26.4 Å². The Morgan fingerprint density at radius 3 is 2.69 bits per heavy atom. The highest BCUT2D eigenvalue weighted by atomic mass is 127. The van der Waals surface area contributed by atoms with Gasteiger partial charge in [-0.15, -0.1) is 24.0 Å². The smallest absolute Gasteiger partial charge is 0.191 e. The molecule has 1 unspecified atom stereocenters. The fourth-order valence-corrected chi connectivity index (χ4v) is 2.15. The molecule has 0 saturated heterocycles. The Morgan fingerprint density at radius 2 is 2.00 bits per heavy atom. The second kappa shape index (κ2) is 16.1. The molecule has 26 heavy (non-hydrogen) atoms. The maximum atomic E-state index is 5.91. The van der Waals surface area contributed by atoms with Gasteiger partial charge in [0.2, 0.25) is 0 Å². The fraction of sp³-hybridized carbons (Fsp3) is 0.632. The van der Waals surface area contributed by atoms with E-state index in [0.717, 1.165) is 31.2 Å². The van der Waals surface area contributed by atoms with Crippen molar-refractivity contribution in [3.63, 3.8) is 0 Å². The van der Waals surface area contributed by atoms with Crippen molar-refractivity contribution >= 4 is 29.9 Å². The maximum Gasteiger partial charge on any atom is 0.191 e. The third kappa shape index (κ3) is 12.3. The Kier molecular flexibility index (Phi) is 15.5. The summed E-state index contributed by atoms with van der Waals surface area (Å²) in [6.07, 6.45) is 0.929. The minimum absolute atomic E-state index is 0. The highest BCUT2D eigenvalue weighted by Gasteiger charge is 2.05. The standard InChI is InChI=1S/C19H33N3O3.HI/c1-5-20-19(21-10-7-11-24-13-12-23-4)22-15-17(3)25-18-9-6-8-16(2)14-18;/h6,8-9,14,17H,5,7,10-13,15H2,1-4H3,(H2,20,21,22);1H. The summed E-state index contributed by atoms with van der Waals surface area (Å²) in [6.45, 7) is 10.3. The largest absolute Gasteiger partial charge is 0.489 e. The van der Waals surface area contributed by atoms with Crippen molar-refractivity contribution in [1.29, 1.82) is 0 Å². The number of nitrogens with zero attached hydrogens (tertiary/aromatic N) is 1. The molecule has 0 spiro atoms. The van der Waals surface area contributed by atoms with E-state index in [1.807, 2.05) is 25.1 Å². The molecular weight excluding hydrogens is 445 g/mol. The summed E-state index contributed by atoms with van der Waals surface area (Å²) in [7, 11) is 1.67. The molecule has 0 amide bonds. The van der Waals surface area contributed by atoms with Crippen LogP contribution in [0.4, 0.5) is 0 Å². The summed E-state index contributed by atoms with van der Waals surface area (Å²) in [5, 5.41) is 6.56. The van der Waals surface area contributed by atoms with E-state index in [9.17, 15) is 0 Å². The van der Waals surface area contributed by atoms with E-state index in [1.54, 1.807) is 7.11 Å². The molecule has 1 atom stereocenters. The van der Waals surface area contributed by atoms with Crippen molar-refractivity contribution in [2.75, 3.05) is 46.6 Å². The van der Waals surface area contributed by atoms with Gasteiger partial charge in [-0.05, 0) is 44.9 Å². The molecule has 1 rings (SSSR count). The number of methoxy groups -OCH3 is 1. The maximum absolute atomic E-state index is 5.91. The predicted octanol–water partition coefficient (Wildman–Crippen LogP) is 2.99. The first-order valence-electron chi connectivity index (χ1n) is 8.98. The molecule has 2 N–H and O–H groups in total. The Labute approximate surface area is 175 Å². The molecule has 1 aromatic rings. The van der Waals surface area contributed by atoms with Gasteiger partial charge in [0.05, 0.1) is 19.8 Å². The van der Waals surface area contributed by atoms with Gasteiger partial charge in [0.1, 0.15) is 11.9 Å². The summed E-state index contributed by atoms with van der Waals surface area (Å²) in [4.78, 5) is 4.59. The molecule has 7 heteroatoms. The predicted molar refractivity (Wildman–Crippen MR) is 118 cm³/mol. The zero-order valence-corrected chi connectivity index (χ0v) is 18.7. The Morgan fingerprint density at radius 1 is 1.19 bits per heavy atom. The number of halogens is 1. The molecule has 0 aliphatic carbocycles. The van der Waals surface area contributed by atoms with Gasteiger partial charge in [0.15, 0.2) is 5.96 Å². The van der Waals surface area contributed by atoms with Gasteiger partial charge >= 0.3 is 0 Å². The van der Waals surface area contributed by atoms with Crippen molar-refractivity contribution in [1.82, 2.24) is 10.6 Å². The second-order valence-electron chi connectivity index (χ2n) is 5.85. The van der Waals surface area contributed by atoms with Gasteiger partial charge in [0, 0.05) is 26.8 Å². The summed E-state index contributed by atoms with van der Waals surface area (Å²) < 4.78 is 16.3. The first-order valence-corrected chi connectivity index (χ1v) is 8.98. The van der Waals surface area contributed by atoms with Crippen LogP contribution in [-0.4, -0.2) is 58.6 Å². The minimum atomic E-state index is 0. The van der Waals surface area contributed by atoms with Crippen LogP contribution < -0.4 is 15.4 Å². The third-order valence-electron chi connectivity index (χ3n) is 3.37. The quantitative estimate of drug-likeness (QED) is 0.209. The van der Waals surface area contributed by atoms with E-state index in [1.165, 1.54) is 5.56 Å². The second-order valence-corrected chi connectivity index (χ2v) is 5.85. The van der Waals surface area contributed by atoms with Crippen LogP contribution in [0.2, 0.25) is 0 Å². The van der Waals surface area contributed by atoms with Crippen LogP contribution in [0, 0.1) is 6.92 Å². The van der Waals surface area contributed by atoms with E-state index in [2.05, 4.69) is 35.5 Å². The van der Waals surface area contributed by atoms with Crippen LogP contribution >= 0.6 is 24.0 Å². The lowest BCUT2D eigenvalue weighted by molar-refractivity contribution is 0.0698. The van der Waals surface area contributed by atoms with Gasteiger partial charge in [-0.2, -0.15) is 0 Å². The van der Waals surface area contributed by atoms with Crippen molar-refractivity contribution < 1.29 is 14.2 Å². The zero-order chi connectivity index (χ0) is 18.3. The number of aliphatic imine (C=N–C) groups is 1. The SMILES string of the molecule is CCNC(=NCC(C)Oc1cccc(C)c1)NCCCOCCOC.I. The zero-order valence-electron chi connectivity index (χ0n) is 16.4. The summed E-state index contributed by atoms with van der Waals surface area (Å²) in [6, 6.07) is 8.07. The molecule has 0 saturated carbocycles. The van der Waals surface area contributed by atoms with E-state index >= 15 is 0 Å². The first kappa shape index (κ1) is 24.9. The van der Waals surface area contributed by atoms with Crippen LogP contribution in [0.15, 0.2) is 29.3 Å². The van der Waals surface area contributed by atoms with Crippen LogP contribution in [0.5, 0.6) is 5.75 Å². The Bertz CT molecular complexity index is 501. The van der Waals surface area contributed by atoms with Crippen molar-refractivity contribution in [3.05, 3.63) is 29.8 Å². The normalized spacial score (nSPS) is 12.2. The summed E-state index contributed by atoms with van der Waals surface area (Å²) in [5.74, 6) is 1.69. The van der Waals surface area contributed by atoms with Gasteiger partial charge < -0.3 is 24.8 Å². The molecule has 0 aliphatic heterocycles. The highest BCUT2D eigenvalue weighted by molar-refractivity contribution is 14.0. The monoisotopic (exact) mass is 479 g/mol. The van der Waals surface area contributed by atoms with Crippen LogP contribution in [0.25, 0.3) is 0 Å².